The smallest absolute Gasteiger partial charge is 0.457 e. The highest BCUT2D eigenvalue weighted by Gasteiger charge is 2.25. The number of esters is 1. The van der Waals surface area contributed by atoms with E-state index in [0.29, 0.717) is 13.0 Å². The zero-order valence-electron chi connectivity index (χ0n) is 31.2. The SMILES string of the molecule is CC/C=C\C/C=C\C/C=C\C/C=C\CCCCCCCCCOCC(COP(=O)(O)OCCN)OC(=O)CCCCCCC/C=C\CCC. The second-order valence-electron chi connectivity index (χ2n) is 12.4. The van der Waals surface area contributed by atoms with E-state index in [-0.39, 0.29) is 32.3 Å². The average Bonchev–Trinajstić information content (AvgIpc) is 3.09. The molecule has 3 N–H and O–H groups in total. The predicted octanol–water partition coefficient (Wildman–Crippen LogP) is 11.0. The number of phosphoric ester groups is 1. The number of ether oxygens (including phenoxy) is 2. The summed E-state index contributed by atoms with van der Waals surface area (Å²) >= 11 is 0. The Labute approximate surface area is 300 Å². The summed E-state index contributed by atoms with van der Waals surface area (Å²) < 4.78 is 33.2. The lowest BCUT2D eigenvalue weighted by Crippen LogP contribution is -2.28. The molecule has 0 aromatic carbocycles. The maximum absolute atomic E-state index is 12.5. The van der Waals surface area contributed by atoms with Gasteiger partial charge in [0.2, 0.25) is 0 Å². The molecule has 0 amide bonds. The number of phosphoric acid groups is 1. The molecule has 49 heavy (non-hydrogen) atoms. The van der Waals surface area contributed by atoms with E-state index in [2.05, 4.69) is 74.6 Å². The molecule has 0 aliphatic rings. The summed E-state index contributed by atoms with van der Waals surface area (Å²) in [4.78, 5) is 22.3. The quantitative estimate of drug-likeness (QED) is 0.0286. The molecule has 0 aromatic rings. The number of hydrogen-bond acceptors (Lipinski definition) is 7. The summed E-state index contributed by atoms with van der Waals surface area (Å²) in [5.74, 6) is -0.350. The van der Waals surface area contributed by atoms with Gasteiger partial charge in [0.05, 0.1) is 19.8 Å². The zero-order valence-corrected chi connectivity index (χ0v) is 32.1. The van der Waals surface area contributed by atoms with Crippen LogP contribution >= 0.6 is 7.82 Å². The molecule has 2 unspecified atom stereocenters. The van der Waals surface area contributed by atoms with Gasteiger partial charge in [0.1, 0.15) is 6.10 Å². The number of allylic oxidation sites excluding steroid dienone is 10. The molecule has 0 aromatic heterocycles. The van der Waals surface area contributed by atoms with Crippen molar-refractivity contribution < 1.29 is 32.8 Å². The first-order valence-corrected chi connectivity index (χ1v) is 20.8. The molecule has 8 nitrogen and oxygen atoms in total. The van der Waals surface area contributed by atoms with E-state index in [9.17, 15) is 14.3 Å². The van der Waals surface area contributed by atoms with Crippen LogP contribution in [0.1, 0.15) is 149 Å². The lowest BCUT2D eigenvalue weighted by molar-refractivity contribution is -0.154. The molecule has 0 bridgehead atoms. The number of hydrogen-bond donors (Lipinski definition) is 2. The summed E-state index contributed by atoms with van der Waals surface area (Å²) in [5.41, 5.74) is 5.35. The van der Waals surface area contributed by atoms with Gasteiger partial charge in [-0.05, 0) is 70.6 Å². The van der Waals surface area contributed by atoms with Gasteiger partial charge in [-0.25, -0.2) is 4.57 Å². The summed E-state index contributed by atoms with van der Waals surface area (Å²) in [6.07, 6.45) is 43.8. The van der Waals surface area contributed by atoms with Crippen molar-refractivity contribution in [1.29, 1.82) is 0 Å². The minimum absolute atomic E-state index is 0.0943. The summed E-state index contributed by atoms with van der Waals surface area (Å²) in [7, 11) is -4.28. The fourth-order valence-electron chi connectivity index (χ4n) is 4.87. The minimum Gasteiger partial charge on any atom is -0.457 e. The maximum atomic E-state index is 12.5. The first kappa shape index (κ1) is 47.2. The second kappa shape index (κ2) is 37.5. The van der Waals surface area contributed by atoms with E-state index < -0.39 is 13.9 Å². The lowest BCUT2D eigenvalue weighted by Gasteiger charge is -2.20. The fourth-order valence-corrected chi connectivity index (χ4v) is 5.64. The molecule has 0 aliphatic heterocycles. The molecule has 0 heterocycles. The van der Waals surface area contributed by atoms with Crippen LogP contribution in [0.25, 0.3) is 0 Å². The monoisotopic (exact) mass is 710 g/mol. The highest BCUT2D eigenvalue weighted by atomic mass is 31.2. The number of rotatable bonds is 36. The first-order valence-electron chi connectivity index (χ1n) is 19.3. The molecule has 9 heteroatoms. The van der Waals surface area contributed by atoms with Crippen LogP contribution in [-0.4, -0.2) is 49.9 Å². The standard InChI is InChI=1S/C40H72NO7P/c1-3-5-7-9-11-13-15-16-17-18-19-20-21-22-23-24-26-28-30-32-35-45-37-39(38-47-49(43,44)46-36-34-41)48-40(42)33-31-29-27-25-14-12-10-8-6-4-2/h5,7-8,10-11,13,16-17,19-20,39H,3-4,6,9,12,14-15,18,21-38,41H2,1-2H3,(H,43,44)/b7-5-,10-8-,13-11-,17-16-,20-19-. The summed E-state index contributed by atoms with van der Waals surface area (Å²) in [5, 5.41) is 0. The Bertz CT molecular complexity index is 932. The van der Waals surface area contributed by atoms with E-state index in [1.807, 2.05) is 0 Å². The van der Waals surface area contributed by atoms with Gasteiger partial charge >= 0.3 is 13.8 Å². The molecule has 0 saturated carbocycles. The van der Waals surface area contributed by atoms with Gasteiger partial charge in [0.25, 0.3) is 0 Å². The highest BCUT2D eigenvalue weighted by Crippen LogP contribution is 2.43. The Hall–Kier alpha value is -1.80. The topological polar surface area (TPSA) is 117 Å². The van der Waals surface area contributed by atoms with Gasteiger partial charge in [0.15, 0.2) is 0 Å². The molecule has 2 atom stereocenters. The van der Waals surface area contributed by atoms with E-state index in [1.165, 1.54) is 38.5 Å². The molecule has 0 radical (unpaired) electrons. The molecule has 0 rings (SSSR count). The van der Waals surface area contributed by atoms with Crippen molar-refractivity contribution in [2.24, 2.45) is 5.73 Å². The van der Waals surface area contributed by atoms with Crippen molar-refractivity contribution in [1.82, 2.24) is 0 Å². The Morgan fingerprint density at radius 1 is 0.633 bits per heavy atom. The van der Waals surface area contributed by atoms with Crippen molar-refractivity contribution >= 4 is 13.8 Å². The summed E-state index contributed by atoms with van der Waals surface area (Å²) in [6, 6.07) is 0. The number of carbonyl (C=O) groups excluding carboxylic acids is 1. The van der Waals surface area contributed by atoms with Gasteiger partial charge in [-0.3, -0.25) is 13.8 Å². The van der Waals surface area contributed by atoms with Crippen LogP contribution in [0.2, 0.25) is 0 Å². The Balaban J connectivity index is 4.06. The van der Waals surface area contributed by atoms with Crippen molar-refractivity contribution in [2.45, 2.75) is 155 Å². The lowest BCUT2D eigenvalue weighted by atomic mass is 10.1. The molecule has 0 fully saturated rings. The number of carbonyl (C=O) groups is 1. The third-order valence-corrected chi connectivity index (χ3v) is 8.63. The third-order valence-electron chi connectivity index (χ3n) is 7.65. The van der Waals surface area contributed by atoms with Crippen LogP contribution in [0.15, 0.2) is 60.8 Å². The van der Waals surface area contributed by atoms with E-state index in [1.54, 1.807) is 0 Å². The zero-order chi connectivity index (χ0) is 35.9. The van der Waals surface area contributed by atoms with E-state index in [0.717, 1.165) is 89.9 Å². The van der Waals surface area contributed by atoms with Crippen molar-refractivity contribution in [3.8, 4) is 0 Å². The highest BCUT2D eigenvalue weighted by molar-refractivity contribution is 7.47. The fraction of sp³-hybridized carbons (Fsp3) is 0.725. The van der Waals surface area contributed by atoms with Crippen LogP contribution in [-0.2, 0) is 27.9 Å². The van der Waals surface area contributed by atoms with Crippen LogP contribution in [0.4, 0.5) is 0 Å². The summed E-state index contributed by atoms with van der Waals surface area (Å²) in [6.45, 7) is 4.68. The van der Waals surface area contributed by atoms with Crippen LogP contribution < -0.4 is 5.73 Å². The van der Waals surface area contributed by atoms with Crippen LogP contribution in [0, 0.1) is 0 Å². The number of nitrogens with two attached hydrogens (primary N) is 1. The second-order valence-corrected chi connectivity index (χ2v) is 13.9. The Morgan fingerprint density at radius 3 is 1.73 bits per heavy atom. The molecule has 0 aliphatic carbocycles. The van der Waals surface area contributed by atoms with Gasteiger partial charge in [-0.15, -0.1) is 0 Å². The molecule has 284 valence electrons. The van der Waals surface area contributed by atoms with Crippen LogP contribution in [0.3, 0.4) is 0 Å². The largest absolute Gasteiger partial charge is 0.472 e. The average molecular weight is 710 g/mol. The Morgan fingerprint density at radius 2 is 1.14 bits per heavy atom. The van der Waals surface area contributed by atoms with Gasteiger partial charge in [0, 0.05) is 19.6 Å². The van der Waals surface area contributed by atoms with Crippen molar-refractivity contribution in [3.63, 3.8) is 0 Å². The first-order chi connectivity index (χ1) is 23.9. The predicted molar refractivity (Wildman–Crippen MR) is 205 cm³/mol. The van der Waals surface area contributed by atoms with Gasteiger partial charge < -0.3 is 20.1 Å². The minimum atomic E-state index is -4.28. The van der Waals surface area contributed by atoms with Crippen molar-refractivity contribution in [3.05, 3.63) is 60.8 Å². The van der Waals surface area contributed by atoms with Gasteiger partial charge in [-0.1, -0.05) is 132 Å². The molecule has 0 saturated heterocycles. The van der Waals surface area contributed by atoms with Crippen LogP contribution in [0.5, 0.6) is 0 Å². The molecular formula is C40H72NO7P. The van der Waals surface area contributed by atoms with Crippen molar-refractivity contribution in [2.75, 3.05) is 33.0 Å². The van der Waals surface area contributed by atoms with E-state index in [4.69, 9.17) is 24.3 Å². The normalized spacial score (nSPS) is 14.3. The van der Waals surface area contributed by atoms with Gasteiger partial charge in [-0.2, -0.15) is 0 Å². The maximum Gasteiger partial charge on any atom is 0.472 e. The Kier molecular flexibility index (Phi) is 36.1. The third kappa shape index (κ3) is 37.3. The molecule has 0 spiro atoms. The van der Waals surface area contributed by atoms with E-state index >= 15 is 0 Å². The number of unbranched alkanes of at least 4 members (excludes halogenated alkanes) is 13. The molecular weight excluding hydrogens is 637 g/mol.